The molecule has 21 rings (SSSR count). The molecule has 6 fully saturated rings. The highest BCUT2D eigenvalue weighted by molar-refractivity contribution is 9.11. The van der Waals surface area contributed by atoms with Gasteiger partial charge in [-0.1, -0.05) is 97.6 Å². The maximum Gasteiger partial charge on any atom is 0.245 e. The van der Waals surface area contributed by atoms with Crippen LogP contribution in [-0.2, 0) is 101 Å². The molecular weight excluding hydrogens is 2070 g/mol. The average molecular weight is 2200 g/mol. The Bertz CT molecular complexity index is 7120. The lowest BCUT2D eigenvalue weighted by Crippen LogP contribution is -2.45. The van der Waals surface area contributed by atoms with E-state index in [1.165, 1.54) is 25.5 Å². The fourth-order valence-electron chi connectivity index (χ4n) is 23.0. The van der Waals surface area contributed by atoms with Crippen molar-refractivity contribution in [3.05, 3.63) is 204 Å². The molecular formula is C111H121Br3N22O12. The summed E-state index contributed by atoms with van der Waals surface area (Å²) in [6.07, 6.45) is 26.7. The minimum atomic E-state index is -0.671. The SMILES string of the molecule is CC(=O)c1nn(CC(=O)N2[C@H]3C[C@@]4(CNC(=O)C(C)(C)CCCCCc5ccc(Br)nc5CC3=O)C[C@@H]24)c2ccc(-c3cnc(C)nc3)cc12.CC(=O)c1nn(CC(=O)N2[C@H]3C[C@@]4(CNC(=O)C(C)(C)CCCCc5ccc(Br)nc5CC3=O)C[C@@H]24)c2ccc(-c3cnc(C)nc3)cc12.CC(=O)c1nn(CC(=O)N2[C@H]3C[C@@]4(CNC(=O)C(C)(C)CCCCc5ccc(Br)nc5CC3=O)C[C@@H]24)c2cnc(-c3cnc(C)nc3)cc12. The zero-order valence-electron chi connectivity index (χ0n) is 85.3. The molecule has 6 amide bonds. The molecule has 34 nitrogen and oxygen atoms in total. The van der Waals surface area contributed by atoms with Crippen molar-refractivity contribution in [1.82, 2.24) is 110 Å². The lowest BCUT2D eigenvalue weighted by Gasteiger charge is -2.27. The number of fused-ring (bicyclic) bond motifs is 9. The fourth-order valence-corrected chi connectivity index (χ4v) is 24.1. The van der Waals surface area contributed by atoms with Crippen LogP contribution in [0.15, 0.2) is 136 Å². The predicted octanol–water partition coefficient (Wildman–Crippen LogP) is 15.4. The molecule has 3 aliphatic carbocycles. The third kappa shape index (κ3) is 21.3. The molecule has 16 heterocycles. The van der Waals surface area contributed by atoms with Gasteiger partial charge in [-0.25, -0.2) is 44.9 Å². The summed E-state index contributed by atoms with van der Waals surface area (Å²) in [6.45, 7) is 22.5. The van der Waals surface area contributed by atoms with Crippen LogP contribution in [0.5, 0.6) is 0 Å². The van der Waals surface area contributed by atoms with Gasteiger partial charge in [-0.05, 0) is 241 Å². The van der Waals surface area contributed by atoms with Crippen molar-refractivity contribution in [2.75, 3.05) is 19.6 Å². The van der Waals surface area contributed by atoms with Gasteiger partial charge in [0, 0.05) is 161 Å². The number of carbonyl (C=O) groups is 12. The Balaban J connectivity index is 0.000000140. The molecule has 2 aromatic carbocycles. The van der Waals surface area contributed by atoms with E-state index >= 15 is 0 Å². The molecule has 768 valence electrons. The number of ketones is 6. The van der Waals surface area contributed by atoms with E-state index in [2.05, 4.69) is 114 Å². The van der Waals surface area contributed by atoms with E-state index in [1.807, 2.05) is 128 Å². The third-order valence-electron chi connectivity index (χ3n) is 32.1. The molecule has 10 aromatic heterocycles. The zero-order valence-corrected chi connectivity index (χ0v) is 90.1. The minimum Gasteiger partial charge on any atom is -0.355 e. The van der Waals surface area contributed by atoms with Gasteiger partial charge in [-0.3, -0.25) is 76.6 Å². The lowest BCUT2D eigenvalue weighted by molar-refractivity contribution is -0.139. The summed E-state index contributed by atoms with van der Waals surface area (Å²) in [5.74, 6) is 0.328. The van der Waals surface area contributed by atoms with Gasteiger partial charge in [-0.2, -0.15) is 15.3 Å². The van der Waals surface area contributed by atoms with Crippen LogP contribution in [0.25, 0.3) is 66.2 Å². The van der Waals surface area contributed by atoms with Gasteiger partial charge in [0.05, 0.1) is 82.9 Å². The molecule has 12 aromatic rings. The number of hydrogen-bond acceptors (Lipinski definition) is 25. The van der Waals surface area contributed by atoms with Crippen LogP contribution in [0.2, 0.25) is 0 Å². The Morgan fingerprint density at radius 1 is 0.351 bits per heavy atom. The second kappa shape index (κ2) is 41.1. The molecule has 3 N–H and O–H groups in total. The van der Waals surface area contributed by atoms with Crippen LogP contribution < -0.4 is 16.0 Å². The molecule has 3 saturated heterocycles. The number of aryl methyl sites for hydroxylation is 6. The van der Waals surface area contributed by atoms with Gasteiger partial charge in [0.1, 0.15) is 68.0 Å². The van der Waals surface area contributed by atoms with Crippen molar-refractivity contribution in [2.24, 2.45) is 32.5 Å². The van der Waals surface area contributed by atoms with E-state index in [0.29, 0.717) is 133 Å². The third-order valence-corrected chi connectivity index (χ3v) is 33.4. The maximum atomic E-state index is 14.4. The molecule has 0 radical (unpaired) electrons. The second-order valence-corrected chi connectivity index (χ2v) is 46.4. The number of amides is 6. The Morgan fingerprint density at radius 2 is 0.655 bits per heavy atom. The van der Waals surface area contributed by atoms with Gasteiger partial charge in [0.15, 0.2) is 34.7 Å². The number of carbonyl (C=O) groups excluding carboxylic acids is 12. The standard InChI is InChI=1S/C38H42BrN7O4.C37H40BrN7O4.C36H39BrN8O4/c1-22(47)35-27-14-25(26-18-40-23(2)41-19-26)9-11-29(27)45(44-35)20-34(49)46-30-16-38(17-32(38)46)21-42-36(50)37(3,4)13-7-5-6-8-24-10-12-33(39)43-28(24)15-31(30)48;1-21(46)34-26-13-24(25-17-39-22(2)40-18-25)8-10-28(26)44(43-34)19-33(48)45-29-15-37(16-31(37)45)20-41-35(49)36(3,4)12-6-5-7-23-9-11-32(38)42-27(23)14-30(29)47;1-20(46)33-24-11-25(23-15-38-21(2)39-16-23)40-17-28(24)44(43-33)18-32(48)45-27-13-36(14-30(36)45)19-41-34(49)35(3,4)10-6-5-7-22-8-9-31(37)42-26(22)12-29(27)47/h9-12,14,18-19,30,32H,5-8,13,15-17,20-21H2,1-4H3,(H,42,50);8-11,13,17-18,29,31H,5-7,12,14-16,19-20H2,1-4H3,(H,41,49);8-9,11,15-17,27,30H,5-7,10,12-14,18-19H2,1-4H3,(H,41,49)/t30-,32+,38-;29-,31+,37-;27-,30+,36-/m000/s1. The number of nitrogens with zero attached hydrogens (tertiary/aromatic N) is 19. The van der Waals surface area contributed by atoms with E-state index in [9.17, 15) is 57.5 Å². The summed E-state index contributed by atoms with van der Waals surface area (Å²) in [7, 11) is 0. The van der Waals surface area contributed by atoms with E-state index in [1.54, 1.807) is 80.4 Å². The van der Waals surface area contributed by atoms with Crippen LogP contribution in [0.4, 0.5) is 0 Å². The maximum absolute atomic E-state index is 14.4. The van der Waals surface area contributed by atoms with Gasteiger partial charge in [0.2, 0.25) is 35.4 Å². The summed E-state index contributed by atoms with van der Waals surface area (Å²) >= 11 is 10.4. The summed E-state index contributed by atoms with van der Waals surface area (Å²) in [5.41, 5.74) is 9.69. The molecule has 3 saturated carbocycles. The Labute approximate surface area is 882 Å². The van der Waals surface area contributed by atoms with E-state index in [0.717, 1.165) is 139 Å². The van der Waals surface area contributed by atoms with E-state index in [-0.39, 0.29) is 160 Å². The van der Waals surface area contributed by atoms with Crippen molar-refractivity contribution >= 4 is 151 Å². The van der Waals surface area contributed by atoms with Crippen LogP contribution in [0, 0.1) is 53.3 Å². The molecule has 3 spiro atoms. The summed E-state index contributed by atoms with van der Waals surface area (Å²) in [6, 6.07) is 22.3. The average Bonchev–Trinajstić information content (AvgIpc) is 1.54. The first-order valence-electron chi connectivity index (χ1n) is 51.1. The number of pyridine rings is 4. The first-order chi connectivity index (χ1) is 70.5. The highest BCUT2D eigenvalue weighted by Gasteiger charge is 2.70. The number of benzene rings is 2. The van der Waals surface area contributed by atoms with Crippen LogP contribution in [-0.4, -0.2) is 220 Å². The number of rotatable bonds is 12. The quantitative estimate of drug-likeness (QED) is 0.0755. The smallest absolute Gasteiger partial charge is 0.245 e. The topological polar surface area (TPSA) is 433 Å². The van der Waals surface area contributed by atoms with E-state index in [4.69, 9.17) is 15.0 Å². The summed E-state index contributed by atoms with van der Waals surface area (Å²) in [4.78, 5) is 213. The lowest BCUT2D eigenvalue weighted by atomic mass is 9.85. The second-order valence-electron chi connectivity index (χ2n) is 43.9. The zero-order chi connectivity index (χ0) is 105. The first-order valence-corrected chi connectivity index (χ1v) is 53.5. The van der Waals surface area contributed by atoms with Crippen LogP contribution in [0.1, 0.15) is 248 Å². The molecule has 6 aliphatic heterocycles. The minimum absolute atomic E-state index is 0.00242. The van der Waals surface area contributed by atoms with E-state index < -0.39 is 34.4 Å². The van der Waals surface area contributed by atoms with Crippen molar-refractivity contribution < 1.29 is 57.5 Å². The highest BCUT2D eigenvalue weighted by atomic mass is 79.9. The van der Waals surface area contributed by atoms with Gasteiger partial charge < -0.3 is 30.7 Å². The molecule has 37 heteroatoms. The van der Waals surface area contributed by atoms with Crippen molar-refractivity contribution in [1.29, 1.82) is 0 Å². The monoisotopic (exact) mass is 2190 g/mol. The normalized spacial score (nSPS) is 23.7. The van der Waals surface area contributed by atoms with Crippen LogP contribution in [0.3, 0.4) is 0 Å². The summed E-state index contributed by atoms with van der Waals surface area (Å²) < 4.78 is 6.64. The Morgan fingerprint density at radius 3 is 0.986 bits per heavy atom. The fraction of sp³-hybridized carbons (Fsp3) is 0.468. The Hall–Kier alpha value is -13.0. The van der Waals surface area contributed by atoms with Gasteiger partial charge >= 0.3 is 0 Å². The molecule has 6 bridgehead atoms. The molecule has 0 unspecified atom stereocenters. The molecule has 148 heavy (non-hydrogen) atoms. The van der Waals surface area contributed by atoms with Gasteiger partial charge in [-0.15, -0.1) is 0 Å². The number of nitrogens with one attached hydrogen (secondary N) is 3. The summed E-state index contributed by atoms with van der Waals surface area (Å²) in [5, 5.41) is 25.2. The number of piperidine rings is 3. The Kier molecular flexibility index (Phi) is 28.8. The molecule has 9 atom stereocenters. The number of hydrogen-bond donors (Lipinski definition) is 3. The number of likely N-dealkylation sites (tertiary alicyclic amines) is 3. The predicted molar refractivity (Wildman–Crippen MR) is 562 cm³/mol. The van der Waals surface area contributed by atoms with Crippen LogP contribution >= 0.6 is 47.8 Å². The molecule has 9 aliphatic rings. The number of Topliss-reactive ketones (excluding diaryl/α,β-unsaturated/α-hetero) is 6. The van der Waals surface area contributed by atoms with Gasteiger partial charge in [0.25, 0.3) is 0 Å². The van der Waals surface area contributed by atoms with Crippen molar-refractivity contribution in [2.45, 2.75) is 280 Å². The highest BCUT2D eigenvalue weighted by Crippen LogP contribution is 2.62. The van der Waals surface area contributed by atoms with Crippen molar-refractivity contribution in [3.8, 4) is 33.5 Å². The first kappa shape index (κ1) is 104. The number of halogens is 3. The largest absolute Gasteiger partial charge is 0.355 e. The van der Waals surface area contributed by atoms with Crippen molar-refractivity contribution in [3.63, 3.8) is 0 Å². The number of aromatic nitrogens is 16.